The molecule has 3 fully saturated rings. The predicted octanol–water partition coefficient (Wildman–Crippen LogP) is 26.6. The molecule has 14 rings (SSSR count). The third kappa shape index (κ3) is 22.4. The average Bonchev–Trinajstić information content (AvgIpc) is 1.07. The normalized spacial score (nSPS) is 14.8. The zero-order valence-electron chi connectivity index (χ0n) is 74.2. The minimum atomic E-state index is -1.44. The summed E-state index contributed by atoms with van der Waals surface area (Å²) in [5.41, 5.74) is 21.2. The van der Waals surface area contributed by atoms with E-state index in [1.54, 1.807) is 69.9 Å². The fourth-order valence-corrected chi connectivity index (χ4v) is 55.4. The molecule has 0 nitrogen and oxygen atoms in total. The molecule has 3 aliphatic heterocycles. The van der Waals surface area contributed by atoms with Gasteiger partial charge in [0.2, 0.25) is 0 Å². The van der Waals surface area contributed by atoms with E-state index in [-0.39, 0.29) is 48.0 Å². The predicted molar refractivity (Wildman–Crippen MR) is 510 cm³/mol. The molecule has 0 aliphatic carbocycles. The average molecular weight is 2390 g/mol. The van der Waals surface area contributed by atoms with Crippen molar-refractivity contribution >= 4 is 201 Å². The Bertz CT molecular complexity index is 4770. The van der Waals surface area contributed by atoms with Crippen molar-refractivity contribution in [2.45, 2.75) is 293 Å². The monoisotopic (exact) mass is 2390 g/mol. The van der Waals surface area contributed by atoms with E-state index in [2.05, 4.69) is 361 Å². The molecule has 0 N–H and O–H groups in total. The van der Waals surface area contributed by atoms with Crippen molar-refractivity contribution in [1.82, 2.24) is 0 Å². The molecule has 3 heterocycles. The van der Waals surface area contributed by atoms with E-state index in [9.17, 15) is 0 Å². The summed E-state index contributed by atoms with van der Waals surface area (Å²) in [6.07, 6.45) is 8.97. The van der Waals surface area contributed by atoms with E-state index in [4.69, 9.17) is 0 Å². The van der Waals surface area contributed by atoms with Gasteiger partial charge >= 0.3 is 730 Å². The molecule has 588 valence electrons. The maximum absolute atomic E-state index is 2.61. The van der Waals surface area contributed by atoms with E-state index < -0.39 is 106 Å². The van der Waals surface area contributed by atoms with Crippen LogP contribution in [0.15, 0.2) is 164 Å². The van der Waals surface area contributed by atoms with Crippen LogP contribution in [0.3, 0.4) is 0 Å². The van der Waals surface area contributed by atoms with Gasteiger partial charge in [0, 0.05) is 0 Å². The van der Waals surface area contributed by atoms with Gasteiger partial charge in [-0.05, 0) is 0 Å². The summed E-state index contributed by atoms with van der Waals surface area (Å²) in [5.74, 6) is 0. The molecule has 0 bridgehead atoms. The Hall–Kier alpha value is -2.20. The van der Waals surface area contributed by atoms with Crippen LogP contribution >= 0.6 is 0 Å². The third-order valence-electron chi connectivity index (χ3n) is 23.5. The Balaban J connectivity index is 0.000000152. The van der Waals surface area contributed by atoms with Gasteiger partial charge in [-0.3, -0.25) is 0 Å². The second-order valence-electron chi connectivity index (χ2n) is 38.6. The SMILES string of the molecule is C[Te]c1cc(C(C)(C)C)c(C)c2ccccc12.Cc1c(C(C)(C)C)c[c]([Bi]([CH3])[CH3])c2ccccc12.Cc1c(C(C)(C)C)c[c]([Bi]2[CH2]CC[CH2]2)c2ccccc12.Cc1c(C(C)(C)C)c[c]([Sb]([CH3])[CH3])c2ccccc12.Cc1c(C(C)(C)C)c[c]([Sb]2[CH2]CC[CH2]2)c2ccccc12.Cc1c[c]([Bi]2[CH2]CC[CH2]2)cc(C(C)(C)C)c1C. The molecule has 6 heteroatoms. The van der Waals surface area contributed by atoms with Gasteiger partial charge in [0.05, 0.1) is 0 Å². The van der Waals surface area contributed by atoms with Gasteiger partial charge < -0.3 is 0 Å². The van der Waals surface area contributed by atoms with Crippen LogP contribution in [-0.4, -0.2) is 127 Å². The number of hydrogen-bond acceptors (Lipinski definition) is 0. The Morgan fingerprint density at radius 1 is 0.336 bits per heavy atom. The number of benzene rings is 11. The zero-order valence-corrected chi connectivity index (χ0v) is 92.1. The summed E-state index contributed by atoms with van der Waals surface area (Å²) < 4.78 is 24.8. The molecule has 11 aromatic carbocycles. The minimum absolute atomic E-state index is 0.0474. The second-order valence-corrected chi connectivity index (χ2v) is 82.5. The zero-order chi connectivity index (χ0) is 80.9. The quantitative estimate of drug-likeness (QED) is 0.146. The van der Waals surface area contributed by atoms with Crippen molar-refractivity contribution in [2.75, 3.05) is 0 Å². The Labute approximate surface area is 721 Å². The molecule has 0 aromatic heterocycles. The summed E-state index contributed by atoms with van der Waals surface area (Å²) in [4.78, 5) is 7.30. The van der Waals surface area contributed by atoms with Crippen molar-refractivity contribution < 1.29 is 0 Å². The van der Waals surface area contributed by atoms with E-state index in [0.717, 1.165) is 0 Å². The van der Waals surface area contributed by atoms with E-state index >= 15 is 0 Å². The molecule has 3 saturated heterocycles. The second kappa shape index (κ2) is 38.7. The van der Waals surface area contributed by atoms with Crippen LogP contribution < -0.4 is 20.4 Å². The summed E-state index contributed by atoms with van der Waals surface area (Å²) in [7, 11) is 0. The van der Waals surface area contributed by atoms with Crippen molar-refractivity contribution in [2.24, 2.45) is 0 Å². The molecular weight excluding hydrogens is 2250 g/mol. The van der Waals surface area contributed by atoms with Crippen LogP contribution in [0.2, 0.25) is 49.2 Å². The first kappa shape index (κ1) is 91.7. The molecule has 0 radical (unpaired) electrons. The Morgan fingerprint density at radius 3 is 1.09 bits per heavy atom. The summed E-state index contributed by atoms with van der Waals surface area (Å²) in [6, 6.07) is 62.8. The molecule has 0 unspecified atom stereocenters. The number of hydrogen-bond donors (Lipinski definition) is 0. The standard InChI is InChI=1S/C16H20Te.4C15H17.C12H17.3C4H8.4CH3.3Bi.2Sb/c1-11-12-8-6-7-9-13(12)15(17-5)10-14(11)16(2,3)4;4*1-11-13-8-6-5-7-12(13)9-10-14(11)15(2,3)4;1-9-7-6-8-11(10(9)2)12(3,4)5;3*1-3-4-2;;;;;;;;;/h6-10H,1-5H3;4*5-8,10H,1-4H3;7-8H,1-5H3;3*1-4H2;4*1H3;;;;;. The third-order valence-corrected chi connectivity index (χ3v) is 63.8. The van der Waals surface area contributed by atoms with Gasteiger partial charge in [-0.2, -0.15) is 0 Å². The Morgan fingerprint density at radius 2 is 0.664 bits per heavy atom. The van der Waals surface area contributed by atoms with Gasteiger partial charge in [0.25, 0.3) is 0 Å². The first-order chi connectivity index (χ1) is 51.4. The van der Waals surface area contributed by atoms with E-state index in [0.29, 0.717) is 5.41 Å². The van der Waals surface area contributed by atoms with Crippen molar-refractivity contribution in [3.05, 3.63) is 236 Å². The van der Waals surface area contributed by atoms with Crippen LogP contribution in [0, 0.1) is 48.5 Å². The molecule has 0 atom stereocenters. The van der Waals surface area contributed by atoms with Crippen LogP contribution in [0.25, 0.3) is 53.9 Å². The number of aryl methyl sites for hydroxylation is 6. The van der Waals surface area contributed by atoms with Crippen LogP contribution in [0.4, 0.5) is 0 Å². The molecule has 0 spiro atoms. The van der Waals surface area contributed by atoms with Crippen molar-refractivity contribution in [1.29, 1.82) is 0 Å². The van der Waals surface area contributed by atoms with Crippen LogP contribution in [-0.2, 0) is 32.5 Å². The fraction of sp³-hybridized carbons (Fsp3) is 0.462. The van der Waals surface area contributed by atoms with Gasteiger partial charge in [0.1, 0.15) is 0 Å². The summed E-state index contributed by atoms with van der Waals surface area (Å²) in [6.45, 7) is 58.1. The van der Waals surface area contributed by atoms with E-state index in [1.807, 2.05) is 3.27 Å². The fourth-order valence-electron chi connectivity index (χ4n) is 17.5. The first-order valence-electron chi connectivity index (χ1n) is 41.3. The van der Waals surface area contributed by atoms with Gasteiger partial charge in [-0.25, -0.2) is 0 Å². The van der Waals surface area contributed by atoms with Crippen molar-refractivity contribution in [3.63, 3.8) is 0 Å². The van der Waals surface area contributed by atoms with Crippen LogP contribution in [0.1, 0.15) is 235 Å². The van der Waals surface area contributed by atoms with Gasteiger partial charge in [0.15, 0.2) is 0 Å². The first-order valence-corrected chi connectivity index (χ1v) is 78.1. The van der Waals surface area contributed by atoms with Crippen LogP contribution in [0.5, 0.6) is 0 Å². The van der Waals surface area contributed by atoms with Crippen molar-refractivity contribution in [3.8, 4) is 0 Å². The number of fused-ring (bicyclic) bond motifs is 5. The van der Waals surface area contributed by atoms with Gasteiger partial charge in [-0.1, -0.05) is 0 Å². The molecule has 3 aliphatic rings. The maximum atomic E-state index is 2.61. The molecule has 0 amide bonds. The Kier molecular flexibility index (Phi) is 32.2. The summed E-state index contributed by atoms with van der Waals surface area (Å²) >= 11 is -6.56. The molecular formula is C104H141Bi3Sb2Te. The van der Waals surface area contributed by atoms with E-state index in [1.165, 1.54) is 137 Å². The molecule has 0 saturated carbocycles. The topological polar surface area (TPSA) is 0 Å². The number of rotatable bonds is 6. The van der Waals surface area contributed by atoms with Gasteiger partial charge in [-0.15, -0.1) is 0 Å². The molecule has 110 heavy (non-hydrogen) atoms. The summed E-state index contributed by atoms with van der Waals surface area (Å²) in [5, 5.41) is 15.0. The molecule has 11 aromatic rings.